The molecular formula is C12H14N2O3. The number of ether oxygens (including phenoxy) is 2. The second-order valence-corrected chi connectivity index (χ2v) is 3.73. The molecule has 17 heavy (non-hydrogen) atoms. The highest BCUT2D eigenvalue weighted by Gasteiger charge is 2.19. The van der Waals surface area contributed by atoms with Gasteiger partial charge in [-0.3, -0.25) is 4.79 Å². The van der Waals surface area contributed by atoms with Crippen LogP contribution < -0.4 is 0 Å². The highest BCUT2D eigenvalue weighted by molar-refractivity contribution is 6.01. The highest BCUT2D eigenvalue weighted by Crippen LogP contribution is 2.15. The van der Waals surface area contributed by atoms with Crippen molar-refractivity contribution < 1.29 is 14.3 Å². The van der Waals surface area contributed by atoms with Crippen LogP contribution in [0.25, 0.3) is 11.0 Å². The van der Waals surface area contributed by atoms with Crippen molar-refractivity contribution in [1.82, 2.24) is 9.55 Å². The Kier molecular flexibility index (Phi) is 3.21. The SMILES string of the molecule is COC(OC)C(=O)c1ccc2c(c1)ncn2C. The number of rotatable bonds is 4. The molecule has 0 radical (unpaired) electrons. The normalized spacial score (nSPS) is 11.3. The summed E-state index contributed by atoms with van der Waals surface area (Å²) in [6, 6.07) is 5.35. The molecule has 0 aliphatic carbocycles. The summed E-state index contributed by atoms with van der Waals surface area (Å²) in [6.07, 6.45) is 0.847. The fraction of sp³-hybridized carbons (Fsp3) is 0.333. The number of ketones is 1. The van der Waals surface area contributed by atoms with Gasteiger partial charge in [-0.25, -0.2) is 4.98 Å². The Morgan fingerprint density at radius 3 is 2.71 bits per heavy atom. The van der Waals surface area contributed by atoms with Crippen LogP contribution in [0, 0.1) is 0 Å². The van der Waals surface area contributed by atoms with Gasteiger partial charge in [-0.1, -0.05) is 0 Å². The molecule has 5 heteroatoms. The first-order valence-corrected chi connectivity index (χ1v) is 5.18. The summed E-state index contributed by atoms with van der Waals surface area (Å²) >= 11 is 0. The molecule has 0 aliphatic heterocycles. The van der Waals surface area contributed by atoms with E-state index < -0.39 is 6.29 Å². The Morgan fingerprint density at radius 1 is 1.35 bits per heavy atom. The van der Waals surface area contributed by atoms with E-state index >= 15 is 0 Å². The molecule has 0 N–H and O–H groups in total. The van der Waals surface area contributed by atoms with Gasteiger partial charge in [-0.2, -0.15) is 0 Å². The van der Waals surface area contributed by atoms with Crippen LogP contribution in [0.1, 0.15) is 10.4 Å². The van der Waals surface area contributed by atoms with Gasteiger partial charge in [-0.05, 0) is 18.2 Å². The molecule has 0 fully saturated rings. The van der Waals surface area contributed by atoms with Gasteiger partial charge in [0.2, 0.25) is 12.1 Å². The lowest BCUT2D eigenvalue weighted by atomic mass is 10.1. The number of carbonyl (C=O) groups is 1. The van der Waals surface area contributed by atoms with E-state index in [4.69, 9.17) is 9.47 Å². The third-order valence-electron chi connectivity index (χ3n) is 2.65. The van der Waals surface area contributed by atoms with Crippen molar-refractivity contribution in [3.8, 4) is 0 Å². The first kappa shape index (κ1) is 11.8. The number of methoxy groups -OCH3 is 2. The van der Waals surface area contributed by atoms with Crippen molar-refractivity contribution in [3.05, 3.63) is 30.1 Å². The lowest BCUT2D eigenvalue weighted by Gasteiger charge is -2.11. The minimum Gasteiger partial charge on any atom is -0.349 e. The summed E-state index contributed by atoms with van der Waals surface area (Å²) in [5.74, 6) is -0.206. The molecule has 0 atom stereocenters. The summed E-state index contributed by atoms with van der Waals surface area (Å²) in [5, 5.41) is 0. The molecule has 5 nitrogen and oxygen atoms in total. The van der Waals surface area contributed by atoms with Gasteiger partial charge in [0.25, 0.3) is 0 Å². The van der Waals surface area contributed by atoms with Crippen molar-refractivity contribution in [2.45, 2.75) is 6.29 Å². The third-order valence-corrected chi connectivity index (χ3v) is 2.65. The van der Waals surface area contributed by atoms with Crippen LogP contribution in [0.15, 0.2) is 24.5 Å². The molecule has 1 aromatic carbocycles. The summed E-state index contributed by atoms with van der Waals surface area (Å²) in [7, 11) is 4.78. The minimum absolute atomic E-state index is 0.206. The van der Waals surface area contributed by atoms with E-state index in [-0.39, 0.29) is 5.78 Å². The van der Waals surface area contributed by atoms with Crippen LogP contribution in [-0.2, 0) is 16.5 Å². The zero-order chi connectivity index (χ0) is 12.4. The smallest absolute Gasteiger partial charge is 0.222 e. The van der Waals surface area contributed by atoms with Crippen LogP contribution in [0.2, 0.25) is 0 Å². The Bertz CT molecular complexity index is 544. The molecule has 0 amide bonds. The first-order chi connectivity index (χ1) is 8.17. The van der Waals surface area contributed by atoms with E-state index in [1.807, 2.05) is 17.7 Å². The molecular weight excluding hydrogens is 220 g/mol. The zero-order valence-corrected chi connectivity index (χ0v) is 10.0. The van der Waals surface area contributed by atoms with Crippen molar-refractivity contribution in [3.63, 3.8) is 0 Å². The molecule has 0 aliphatic rings. The number of benzene rings is 1. The van der Waals surface area contributed by atoms with Crippen molar-refractivity contribution >= 4 is 16.8 Å². The van der Waals surface area contributed by atoms with Gasteiger partial charge in [0.15, 0.2) is 0 Å². The number of carbonyl (C=O) groups excluding carboxylic acids is 1. The van der Waals surface area contributed by atoms with E-state index in [2.05, 4.69) is 4.98 Å². The Hall–Kier alpha value is -1.72. The highest BCUT2D eigenvalue weighted by atomic mass is 16.7. The fourth-order valence-corrected chi connectivity index (χ4v) is 1.74. The van der Waals surface area contributed by atoms with E-state index in [9.17, 15) is 4.79 Å². The lowest BCUT2D eigenvalue weighted by molar-refractivity contribution is -0.0742. The average molecular weight is 234 g/mol. The Morgan fingerprint density at radius 2 is 2.06 bits per heavy atom. The summed E-state index contributed by atoms with van der Waals surface area (Å²) < 4.78 is 11.8. The molecule has 2 rings (SSSR count). The second kappa shape index (κ2) is 4.65. The number of imidazole rings is 1. The fourth-order valence-electron chi connectivity index (χ4n) is 1.74. The van der Waals surface area contributed by atoms with Crippen molar-refractivity contribution in [2.75, 3.05) is 14.2 Å². The topological polar surface area (TPSA) is 53.4 Å². The van der Waals surface area contributed by atoms with Crippen molar-refractivity contribution in [2.24, 2.45) is 7.05 Å². The van der Waals surface area contributed by atoms with Gasteiger partial charge >= 0.3 is 0 Å². The number of hydrogen-bond donors (Lipinski definition) is 0. The minimum atomic E-state index is -0.865. The predicted octanol–water partition coefficient (Wildman–Crippen LogP) is 1.37. The molecule has 1 heterocycles. The van der Waals surface area contributed by atoms with E-state index in [1.165, 1.54) is 14.2 Å². The molecule has 2 aromatic rings. The molecule has 0 bridgehead atoms. The van der Waals surface area contributed by atoms with Crippen LogP contribution in [0.3, 0.4) is 0 Å². The summed E-state index contributed by atoms with van der Waals surface area (Å²) in [6.45, 7) is 0. The second-order valence-electron chi connectivity index (χ2n) is 3.73. The Balaban J connectivity index is 2.39. The average Bonchev–Trinajstić information content (AvgIpc) is 2.72. The van der Waals surface area contributed by atoms with Gasteiger partial charge < -0.3 is 14.0 Å². The molecule has 1 aromatic heterocycles. The number of fused-ring (bicyclic) bond motifs is 1. The lowest BCUT2D eigenvalue weighted by Crippen LogP contribution is -2.24. The van der Waals surface area contributed by atoms with Gasteiger partial charge in [0, 0.05) is 26.8 Å². The zero-order valence-electron chi connectivity index (χ0n) is 10.0. The quantitative estimate of drug-likeness (QED) is 0.592. The first-order valence-electron chi connectivity index (χ1n) is 5.18. The Labute approximate surface area is 99.0 Å². The molecule has 90 valence electrons. The van der Waals surface area contributed by atoms with E-state index in [0.29, 0.717) is 5.56 Å². The van der Waals surface area contributed by atoms with Crippen LogP contribution in [0.5, 0.6) is 0 Å². The number of hydrogen-bond acceptors (Lipinski definition) is 4. The van der Waals surface area contributed by atoms with Gasteiger partial charge in [0.1, 0.15) is 0 Å². The maximum absolute atomic E-state index is 12.0. The molecule has 0 unspecified atom stereocenters. The number of nitrogens with zero attached hydrogens (tertiary/aromatic N) is 2. The summed E-state index contributed by atoms with van der Waals surface area (Å²) in [5.41, 5.74) is 2.29. The maximum Gasteiger partial charge on any atom is 0.222 e. The number of aromatic nitrogens is 2. The van der Waals surface area contributed by atoms with E-state index in [0.717, 1.165) is 11.0 Å². The van der Waals surface area contributed by atoms with E-state index in [1.54, 1.807) is 18.5 Å². The summed E-state index contributed by atoms with van der Waals surface area (Å²) in [4.78, 5) is 16.2. The number of Topliss-reactive ketones (excluding diaryl/α,β-unsaturated/α-hetero) is 1. The molecule has 0 saturated heterocycles. The van der Waals surface area contributed by atoms with Crippen LogP contribution in [-0.4, -0.2) is 35.8 Å². The maximum atomic E-state index is 12.0. The monoisotopic (exact) mass is 234 g/mol. The van der Waals surface area contributed by atoms with Crippen molar-refractivity contribution in [1.29, 1.82) is 0 Å². The standard InChI is InChI=1S/C12H14N2O3/c1-14-7-13-9-6-8(4-5-10(9)14)11(15)12(16-2)17-3/h4-7,12H,1-3H3. The largest absolute Gasteiger partial charge is 0.349 e. The number of aryl methyl sites for hydroxylation is 1. The van der Waals surface area contributed by atoms with Crippen LogP contribution in [0.4, 0.5) is 0 Å². The predicted molar refractivity (Wildman–Crippen MR) is 62.9 cm³/mol. The van der Waals surface area contributed by atoms with Gasteiger partial charge in [-0.15, -0.1) is 0 Å². The molecule has 0 spiro atoms. The van der Waals surface area contributed by atoms with Crippen LogP contribution >= 0.6 is 0 Å². The third kappa shape index (κ3) is 2.07. The van der Waals surface area contributed by atoms with Gasteiger partial charge in [0.05, 0.1) is 17.4 Å². The molecule has 0 saturated carbocycles.